The Morgan fingerprint density at radius 3 is 2.77 bits per heavy atom. The molecule has 13 heavy (non-hydrogen) atoms. The normalized spacial score (nSPS) is 14.9. The van der Waals surface area contributed by atoms with Crippen LogP contribution in [0.3, 0.4) is 0 Å². The maximum atomic E-state index is 10.8. The van der Waals surface area contributed by atoms with Gasteiger partial charge in [-0.05, 0) is 18.6 Å². The van der Waals surface area contributed by atoms with E-state index in [4.69, 9.17) is 10.8 Å². The molecule has 0 bridgehead atoms. The van der Waals surface area contributed by atoms with Gasteiger partial charge in [0.05, 0.1) is 5.92 Å². The van der Waals surface area contributed by atoms with Crippen LogP contribution in [0.15, 0.2) is 24.5 Å². The Morgan fingerprint density at radius 1 is 1.69 bits per heavy atom. The third-order valence-corrected chi connectivity index (χ3v) is 1.84. The highest BCUT2D eigenvalue weighted by atomic mass is 16.4. The molecular formula is C9H12N2O2. The number of aliphatic carboxylic acids is 1. The van der Waals surface area contributed by atoms with Crippen molar-refractivity contribution < 1.29 is 9.90 Å². The quantitative estimate of drug-likeness (QED) is 0.714. The summed E-state index contributed by atoms with van der Waals surface area (Å²) in [4.78, 5) is 14.7. The second-order valence-corrected chi connectivity index (χ2v) is 2.96. The van der Waals surface area contributed by atoms with Crippen molar-refractivity contribution in [3.8, 4) is 0 Å². The third kappa shape index (κ3) is 2.26. The molecule has 0 aromatic carbocycles. The molecule has 70 valence electrons. The fraction of sp³-hybridized carbons (Fsp3) is 0.333. The molecule has 0 saturated heterocycles. The number of carboxylic acids is 1. The van der Waals surface area contributed by atoms with E-state index < -0.39 is 17.9 Å². The van der Waals surface area contributed by atoms with E-state index in [0.29, 0.717) is 5.56 Å². The monoisotopic (exact) mass is 180 g/mol. The van der Waals surface area contributed by atoms with Crippen molar-refractivity contribution in [2.45, 2.75) is 18.9 Å². The molecule has 3 N–H and O–H groups in total. The van der Waals surface area contributed by atoms with E-state index in [0.717, 1.165) is 0 Å². The first-order chi connectivity index (χ1) is 6.13. The van der Waals surface area contributed by atoms with Gasteiger partial charge in [-0.1, -0.05) is 6.07 Å². The second kappa shape index (κ2) is 4.00. The summed E-state index contributed by atoms with van der Waals surface area (Å²) in [6, 6.07) is 3.00. The number of hydrogen-bond donors (Lipinski definition) is 2. The maximum Gasteiger partial charge on any atom is 0.312 e. The van der Waals surface area contributed by atoms with Gasteiger partial charge in [-0.15, -0.1) is 0 Å². The highest BCUT2D eigenvalue weighted by molar-refractivity contribution is 5.76. The molecule has 1 aromatic heterocycles. The molecule has 0 aliphatic carbocycles. The number of hydrogen-bond acceptors (Lipinski definition) is 3. The van der Waals surface area contributed by atoms with E-state index in [9.17, 15) is 4.79 Å². The Bertz CT molecular complexity index is 285. The largest absolute Gasteiger partial charge is 0.481 e. The summed E-state index contributed by atoms with van der Waals surface area (Å²) >= 11 is 0. The molecule has 0 aliphatic heterocycles. The molecular weight excluding hydrogens is 168 g/mol. The van der Waals surface area contributed by atoms with Crippen LogP contribution in [-0.2, 0) is 4.79 Å². The number of nitrogens with two attached hydrogens (primary N) is 1. The molecule has 0 fully saturated rings. The smallest absolute Gasteiger partial charge is 0.312 e. The van der Waals surface area contributed by atoms with Crippen molar-refractivity contribution in [1.29, 1.82) is 0 Å². The highest BCUT2D eigenvalue weighted by Gasteiger charge is 2.23. The Kier molecular flexibility index (Phi) is 2.97. The summed E-state index contributed by atoms with van der Waals surface area (Å²) in [5.74, 6) is -1.59. The van der Waals surface area contributed by atoms with Crippen molar-refractivity contribution in [3.63, 3.8) is 0 Å². The Hall–Kier alpha value is -1.42. The van der Waals surface area contributed by atoms with E-state index in [2.05, 4.69) is 4.98 Å². The molecule has 1 rings (SSSR count). The molecule has 1 aromatic rings. The third-order valence-electron chi connectivity index (χ3n) is 1.84. The standard InChI is InChI=1S/C9H12N2O2/c1-6(10)8(9(12)13)7-3-2-4-11-5-7/h2-6,8H,10H2,1H3,(H,12,13)/t6-,8?/m0/s1. The first-order valence-corrected chi connectivity index (χ1v) is 4.01. The summed E-state index contributed by atoms with van der Waals surface area (Å²) in [5, 5.41) is 8.89. The summed E-state index contributed by atoms with van der Waals surface area (Å²) < 4.78 is 0. The fourth-order valence-corrected chi connectivity index (χ4v) is 1.23. The molecule has 1 unspecified atom stereocenters. The van der Waals surface area contributed by atoms with E-state index in [-0.39, 0.29) is 0 Å². The van der Waals surface area contributed by atoms with Gasteiger partial charge in [-0.2, -0.15) is 0 Å². The summed E-state index contributed by atoms with van der Waals surface area (Å²) in [6.07, 6.45) is 3.13. The SMILES string of the molecule is C[C@H](N)C(C(=O)O)c1cccnc1. The highest BCUT2D eigenvalue weighted by Crippen LogP contribution is 2.17. The number of nitrogens with zero attached hydrogens (tertiary/aromatic N) is 1. The Morgan fingerprint density at radius 2 is 2.38 bits per heavy atom. The first-order valence-electron chi connectivity index (χ1n) is 4.01. The predicted octanol–water partition coefficient (Wildman–Crippen LogP) is 0.597. The van der Waals surface area contributed by atoms with Crippen LogP contribution in [-0.4, -0.2) is 22.1 Å². The summed E-state index contributed by atoms with van der Waals surface area (Å²) in [5.41, 5.74) is 6.20. The molecule has 2 atom stereocenters. The average Bonchev–Trinajstić information content (AvgIpc) is 2.04. The van der Waals surface area contributed by atoms with Gasteiger partial charge < -0.3 is 10.8 Å². The van der Waals surface area contributed by atoms with Crippen LogP contribution in [0.25, 0.3) is 0 Å². The lowest BCUT2D eigenvalue weighted by atomic mass is 9.95. The Labute approximate surface area is 76.4 Å². The van der Waals surface area contributed by atoms with Gasteiger partial charge >= 0.3 is 5.97 Å². The molecule has 4 heteroatoms. The lowest BCUT2D eigenvalue weighted by Crippen LogP contribution is -2.30. The molecule has 4 nitrogen and oxygen atoms in total. The minimum atomic E-state index is -0.914. The lowest BCUT2D eigenvalue weighted by molar-refractivity contribution is -0.139. The van der Waals surface area contributed by atoms with Gasteiger partial charge in [-0.25, -0.2) is 0 Å². The fourth-order valence-electron chi connectivity index (χ4n) is 1.23. The van der Waals surface area contributed by atoms with Crippen LogP contribution in [0.1, 0.15) is 18.4 Å². The zero-order valence-corrected chi connectivity index (χ0v) is 7.34. The van der Waals surface area contributed by atoms with Crippen molar-refractivity contribution >= 4 is 5.97 Å². The van der Waals surface area contributed by atoms with E-state index >= 15 is 0 Å². The molecule has 0 radical (unpaired) electrons. The van der Waals surface area contributed by atoms with Crippen LogP contribution in [0.5, 0.6) is 0 Å². The Balaban J connectivity index is 2.96. The van der Waals surface area contributed by atoms with Crippen LogP contribution in [0, 0.1) is 0 Å². The minimum absolute atomic E-state index is 0.415. The van der Waals surface area contributed by atoms with Crippen LogP contribution in [0.2, 0.25) is 0 Å². The zero-order chi connectivity index (χ0) is 9.84. The number of carbonyl (C=O) groups is 1. The molecule has 0 saturated carbocycles. The zero-order valence-electron chi connectivity index (χ0n) is 7.34. The van der Waals surface area contributed by atoms with E-state index in [1.165, 1.54) is 6.20 Å². The molecule has 1 heterocycles. The van der Waals surface area contributed by atoms with Crippen molar-refractivity contribution in [1.82, 2.24) is 4.98 Å². The number of rotatable bonds is 3. The number of aromatic nitrogens is 1. The van der Waals surface area contributed by atoms with Gasteiger partial charge in [0.15, 0.2) is 0 Å². The van der Waals surface area contributed by atoms with Crippen molar-refractivity contribution in [2.24, 2.45) is 5.73 Å². The first kappa shape index (κ1) is 9.67. The van der Waals surface area contributed by atoms with Gasteiger partial charge in [0.25, 0.3) is 0 Å². The van der Waals surface area contributed by atoms with Crippen LogP contribution in [0.4, 0.5) is 0 Å². The summed E-state index contributed by atoms with van der Waals surface area (Å²) in [6.45, 7) is 1.67. The number of pyridine rings is 1. The van der Waals surface area contributed by atoms with Crippen molar-refractivity contribution in [2.75, 3.05) is 0 Å². The summed E-state index contributed by atoms with van der Waals surface area (Å²) in [7, 11) is 0. The average molecular weight is 180 g/mol. The van der Waals surface area contributed by atoms with Gasteiger partial charge in [0, 0.05) is 18.4 Å². The van der Waals surface area contributed by atoms with Gasteiger partial charge in [-0.3, -0.25) is 9.78 Å². The van der Waals surface area contributed by atoms with E-state index in [1.807, 2.05) is 0 Å². The molecule has 0 amide bonds. The van der Waals surface area contributed by atoms with Gasteiger partial charge in [0.2, 0.25) is 0 Å². The maximum absolute atomic E-state index is 10.8. The minimum Gasteiger partial charge on any atom is -0.481 e. The van der Waals surface area contributed by atoms with Crippen LogP contribution < -0.4 is 5.73 Å². The van der Waals surface area contributed by atoms with Gasteiger partial charge in [0.1, 0.15) is 0 Å². The molecule has 0 aliphatic rings. The topological polar surface area (TPSA) is 76.2 Å². The van der Waals surface area contributed by atoms with Crippen LogP contribution >= 0.6 is 0 Å². The van der Waals surface area contributed by atoms with Crippen molar-refractivity contribution in [3.05, 3.63) is 30.1 Å². The van der Waals surface area contributed by atoms with E-state index in [1.54, 1.807) is 25.3 Å². The number of carboxylic acid groups (broad SMARTS) is 1. The lowest BCUT2D eigenvalue weighted by Gasteiger charge is -2.15. The second-order valence-electron chi connectivity index (χ2n) is 2.96. The predicted molar refractivity (Wildman–Crippen MR) is 48.3 cm³/mol. The molecule has 0 spiro atoms.